The minimum Gasteiger partial charge on any atom is -0.374 e. The molecule has 0 radical (unpaired) electrons. The van der Waals surface area contributed by atoms with Gasteiger partial charge in [0.1, 0.15) is 0 Å². The van der Waals surface area contributed by atoms with Crippen molar-refractivity contribution < 1.29 is 14.5 Å². The fourth-order valence-corrected chi connectivity index (χ4v) is 2.88. The predicted octanol–water partition coefficient (Wildman–Crippen LogP) is 5.84. The standard InChI is InChI=1S/C24H34O3/c1-18(2)25-17-21-9-13-23(14-10-21)24(5,6)22-11-7-20(8-12-22)15-16-26-27-19(3)4/h7-14,18-19H,15-17H2,1-6H3. The Labute approximate surface area is 164 Å². The fraction of sp³-hybridized carbons (Fsp3) is 0.500. The van der Waals surface area contributed by atoms with Crippen LogP contribution in [-0.2, 0) is 33.0 Å². The van der Waals surface area contributed by atoms with Gasteiger partial charge in [-0.25, -0.2) is 9.78 Å². The molecule has 0 aliphatic rings. The Morgan fingerprint density at radius 2 is 1.26 bits per heavy atom. The Bertz CT molecular complexity index is 670. The summed E-state index contributed by atoms with van der Waals surface area (Å²) in [5.74, 6) is 0. The number of rotatable bonds is 10. The summed E-state index contributed by atoms with van der Waals surface area (Å²) in [7, 11) is 0. The van der Waals surface area contributed by atoms with Crippen LogP contribution in [0, 0.1) is 0 Å². The topological polar surface area (TPSA) is 27.7 Å². The average molecular weight is 371 g/mol. The first-order chi connectivity index (χ1) is 12.8. The third-order valence-corrected chi connectivity index (χ3v) is 4.67. The van der Waals surface area contributed by atoms with E-state index in [0.717, 1.165) is 6.42 Å². The number of hydrogen-bond acceptors (Lipinski definition) is 3. The van der Waals surface area contributed by atoms with Crippen molar-refractivity contribution in [3.8, 4) is 0 Å². The molecular weight excluding hydrogens is 336 g/mol. The lowest BCUT2D eigenvalue weighted by molar-refractivity contribution is -0.316. The van der Waals surface area contributed by atoms with Crippen molar-refractivity contribution in [1.82, 2.24) is 0 Å². The number of hydrogen-bond donors (Lipinski definition) is 0. The molecule has 0 heterocycles. The lowest BCUT2D eigenvalue weighted by atomic mass is 9.77. The van der Waals surface area contributed by atoms with E-state index in [4.69, 9.17) is 14.5 Å². The van der Waals surface area contributed by atoms with E-state index in [-0.39, 0.29) is 17.6 Å². The van der Waals surface area contributed by atoms with Crippen molar-refractivity contribution in [2.24, 2.45) is 0 Å². The van der Waals surface area contributed by atoms with Crippen LogP contribution in [0.15, 0.2) is 48.5 Å². The summed E-state index contributed by atoms with van der Waals surface area (Å²) in [5, 5.41) is 0. The maximum atomic E-state index is 5.69. The van der Waals surface area contributed by atoms with Crippen LogP contribution in [0.3, 0.4) is 0 Å². The van der Waals surface area contributed by atoms with Crippen LogP contribution in [0.5, 0.6) is 0 Å². The van der Waals surface area contributed by atoms with Crippen molar-refractivity contribution in [3.63, 3.8) is 0 Å². The highest BCUT2D eigenvalue weighted by molar-refractivity contribution is 5.39. The lowest BCUT2D eigenvalue weighted by Crippen LogP contribution is -2.19. The molecule has 0 N–H and O–H groups in total. The molecule has 0 aliphatic heterocycles. The van der Waals surface area contributed by atoms with Gasteiger partial charge in [0.05, 0.1) is 25.4 Å². The van der Waals surface area contributed by atoms with Crippen LogP contribution in [0.1, 0.15) is 63.8 Å². The van der Waals surface area contributed by atoms with Crippen LogP contribution in [0.25, 0.3) is 0 Å². The molecule has 0 spiro atoms. The molecule has 3 nitrogen and oxygen atoms in total. The Balaban J connectivity index is 1.99. The van der Waals surface area contributed by atoms with Crippen LogP contribution >= 0.6 is 0 Å². The van der Waals surface area contributed by atoms with E-state index in [2.05, 4.69) is 76.2 Å². The van der Waals surface area contributed by atoms with Gasteiger partial charge < -0.3 is 4.74 Å². The van der Waals surface area contributed by atoms with E-state index in [1.54, 1.807) is 0 Å². The molecular formula is C24H34O3. The highest BCUT2D eigenvalue weighted by atomic mass is 17.2. The third-order valence-electron chi connectivity index (χ3n) is 4.67. The summed E-state index contributed by atoms with van der Waals surface area (Å²) >= 11 is 0. The molecule has 0 aromatic heterocycles. The van der Waals surface area contributed by atoms with Gasteiger partial charge >= 0.3 is 0 Å². The van der Waals surface area contributed by atoms with E-state index < -0.39 is 0 Å². The molecule has 3 heteroatoms. The molecule has 2 aromatic carbocycles. The first-order valence-electron chi connectivity index (χ1n) is 9.87. The highest BCUT2D eigenvalue weighted by Gasteiger charge is 2.22. The van der Waals surface area contributed by atoms with E-state index in [0.29, 0.717) is 13.2 Å². The Morgan fingerprint density at radius 3 is 1.74 bits per heavy atom. The van der Waals surface area contributed by atoms with Gasteiger partial charge in [0, 0.05) is 5.41 Å². The Hall–Kier alpha value is -1.68. The van der Waals surface area contributed by atoms with Crippen molar-refractivity contribution in [2.75, 3.05) is 6.61 Å². The Kier molecular flexibility index (Phi) is 8.03. The second-order valence-electron chi connectivity index (χ2n) is 8.10. The van der Waals surface area contributed by atoms with Crippen molar-refractivity contribution >= 4 is 0 Å². The van der Waals surface area contributed by atoms with Gasteiger partial charge in [-0.05, 0) is 56.4 Å². The van der Waals surface area contributed by atoms with Gasteiger partial charge in [0.15, 0.2) is 0 Å². The normalized spacial score (nSPS) is 12.1. The lowest BCUT2D eigenvalue weighted by Gasteiger charge is -2.26. The second kappa shape index (κ2) is 10.0. The second-order valence-corrected chi connectivity index (χ2v) is 8.10. The highest BCUT2D eigenvalue weighted by Crippen LogP contribution is 2.31. The van der Waals surface area contributed by atoms with Crippen molar-refractivity contribution in [1.29, 1.82) is 0 Å². The van der Waals surface area contributed by atoms with Crippen molar-refractivity contribution in [3.05, 3.63) is 70.8 Å². The molecule has 27 heavy (non-hydrogen) atoms. The molecule has 0 bridgehead atoms. The maximum Gasteiger partial charge on any atom is 0.0873 e. The molecule has 0 saturated heterocycles. The van der Waals surface area contributed by atoms with Crippen LogP contribution in [-0.4, -0.2) is 18.8 Å². The first kappa shape index (κ1) is 21.6. The smallest absolute Gasteiger partial charge is 0.0873 e. The molecule has 0 amide bonds. The molecule has 2 aromatic rings. The van der Waals surface area contributed by atoms with Crippen molar-refractivity contribution in [2.45, 2.75) is 72.2 Å². The summed E-state index contributed by atoms with van der Waals surface area (Å²) in [4.78, 5) is 10.3. The van der Waals surface area contributed by atoms with Gasteiger partial charge in [-0.15, -0.1) is 0 Å². The molecule has 0 fully saturated rings. The molecule has 0 unspecified atom stereocenters. The van der Waals surface area contributed by atoms with E-state index in [1.165, 1.54) is 22.3 Å². The monoisotopic (exact) mass is 370 g/mol. The molecule has 148 valence electrons. The summed E-state index contributed by atoms with van der Waals surface area (Å²) in [6.45, 7) is 13.8. The summed E-state index contributed by atoms with van der Waals surface area (Å²) in [6, 6.07) is 17.6. The van der Waals surface area contributed by atoms with Gasteiger partial charge in [-0.3, -0.25) is 0 Å². The summed E-state index contributed by atoms with van der Waals surface area (Å²) in [6.07, 6.45) is 1.19. The van der Waals surface area contributed by atoms with Gasteiger partial charge in [-0.2, -0.15) is 0 Å². The molecule has 2 rings (SSSR count). The zero-order valence-corrected chi connectivity index (χ0v) is 17.6. The Morgan fingerprint density at radius 1 is 0.741 bits per heavy atom. The van der Waals surface area contributed by atoms with Gasteiger partial charge in [0.25, 0.3) is 0 Å². The minimum atomic E-state index is -0.0484. The number of ether oxygens (including phenoxy) is 1. The number of benzene rings is 2. The van der Waals surface area contributed by atoms with Crippen LogP contribution in [0.2, 0.25) is 0 Å². The SMILES string of the molecule is CC(C)OCc1ccc(C(C)(C)c2ccc(CCOOC(C)C)cc2)cc1. The zero-order chi connectivity index (χ0) is 19.9. The molecule has 0 saturated carbocycles. The first-order valence-corrected chi connectivity index (χ1v) is 9.87. The minimum absolute atomic E-state index is 0.0484. The summed E-state index contributed by atoms with van der Waals surface area (Å²) in [5.41, 5.74) is 5.02. The quantitative estimate of drug-likeness (QED) is 0.299. The van der Waals surface area contributed by atoms with E-state index in [1.807, 2.05) is 13.8 Å². The van der Waals surface area contributed by atoms with Gasteiger partial charge in [-0.1, -0.05) is 62.4 Å². The average Bonchev–Trinajstić information content (AvgIpc) is 2.64. The third kappa shape index (κ3) is 6.76. The van der Waals surface area contributed by atoms with Crippen LogP contribution in [0.4, 0.5) is 0 Å². The zero-order valence-electron chi connectivity index (χ0n) is 17.6. The van der Waals surface area contributed by atoms with Crippen LogP contribution < -0.4 is 0 Å². The van der Waals surface area contributed by atoms with Gasteiger partial charge in [0.2, 0.25) is 0 Å². The largest absolute Gasteiger partial charge is 0.374 e. The summed E-state index contributed by atoms with van der Waals surface area (Å²) < 4.78 is 5.69. The molecule has 0 atom stereocenters. The maximum absolute atomic E-state index is 5.69. The molecule has 0 aliphatic carbocycles. The predicted molar refractivity (Wildman–Crippen MR) is 111 cm³/mol. The van der Waals surface area contributed by atoms with E-state index >= 15 is 0 Å². The van der Waals surface area contributed by atoms with E-state index in [9.17, 15) is 0 Å². The fourth-order valence-electron chi connectivity index (χ4n) is 2.88.